The Labute approximate surface area is 277 Å². The minimum Gasteiger partial charge on any atom is -0.473 e. The summed E-state index contributed by atoms with van der Waals surface area (Å²) in [5.41, 5.74) is 1.26. The van der Waals surface area contributed by atoms with Crippen LogP contribution in [0.2, 0.25) is 0 Å². The van der Waals surface area contributed by atoms with Gasteiger partial charge in [0.2, 0.25) is 17.6 Å². The molecule has 0 spiro atoms. The average Bonchev–Trinajstić information content (AvgIpc) is 3.10. The highest BCUT2D eigenvalue weighted by Gasteiger charge is 2.44. The molecule has 0 bridgehead atoms. The molecular weight excluding hydrogens is 596 g/mol. The van der Waals surface area contributed by atoms with E-state index in [9.17, 15) is 14.4 Å². The van der Waals surface area contributed by atoms with Crippen molar-refractivity contribution >= 4 is 29.4 Å². The van der Waals surface area contributed by atoms with Gasteiger partial charge in [-0.1, -0.05) is 68.3 Å². The number of anilines is 2. The van der Waals surface area contributed by atoms with Gasteiger partial charge in [0.1, 0.15) is 18.2 Å². The minimum atomic E-state index is -0.935. The van der Waals surface area contributed by atoms with Crippen LogP contribution in [0.3, 0.4) is 0 Å². The van der Waals surface area contributed by atoms with Crippen LogP contribution in [0.4, 0.5) is 16.4 Å². The number of rotatable bonds is 14. The number of unbranched alkanes of at least 4 members (excludes halogenated alkanes) is 1. The number of ether oxygens (including phenoxy) is 2. The summed E-state index contributed by atoms with van der Waals surface area (Å²) in [6, 6.07) is 20.2. The highest BCUT2D eigenvalue weighted by atomic mass is 16.6. The topological polar surface area (TPSA) is 117 Å². The Hall–Kier alpha value is -4.67. The van der Waals surface area contributed by atoms with E-state index in [4.69, 9.17) is 9.47 Å². The lowest BCUT2D eigenvalue weighted by Crippen LogP contribution is -2.53. The fourth-order valence-electron chi connectivity index (χ4n) is 5.95. The first kappa shape index (κ1) is 33.7. The Morgan fingerprint density at radius 1 is 0.957 bits per heavy atom. The number of benzene rings is 2. The quantitative estimate of drug-likeness (QED) is 0.238. The van der Waals surface area contributed by atoms with Crippen molar-refractivity contribution in [2.24, 2.45) is 0 Å². The standard InChI is InChI=1S/C36H46N6O5/c1-4-5-17-30(32(43)33(44)38-27(2)28-13-8-6-9-14-28)40(3)35(45)47-36(19-12-20-36)26-46-31-18-21-37-34(39-31)42-24-22-41(23-25-42)29-15-10-7-11-16-29/h6-11,13-16,18,21,27,30H,4-5,12,17,19-20,22-26H2,1-3H3,(H,38,44)/t27-,30+/m1/s1. The van der Waals surface area contributed by atoms with E-state index in [1.54, 1.807) is 12.3 Å². The third-order valence-electron chi connectivity index (χ3n) is 9.11. The zero-order valence-corrected chi connectivity index (χ0v) is 27.6. The zero-order valence-electron chi connectivity index (χ0n) is 27.6. The Bertz CT molecular complexity index is 1480. The molecule has 11 heteroatoms. The second-order valence-corrected chi connectivity index (χ2v) is 12.4. The van der Waals surface area contributed by atoms with Crippen LogP contribution in [0, 0.1) is 0 Å². The van der Waals surface area contributed by atoms with Crippen LogP contribution >= 0.6 is 0 Å². The first-order chi connectivity index (χ1) is 22.8. The van der Waals surface area contributed by atoms with Crippen LogP contribution in [0.15, 0.2) is 72.9 Å². The lowest BCUT2D eigenvalue weighted by molar-refractivity contribution is -0.141. The van der Waals surface area contributed by atoms with E-state index in [1.165, 1.54) is 17.6 Å². The summed E-state index contributed by atoms with van der Waals surface area (Å²) in [4.78, 5) is 54.7. The van der Waals surface area contributed by atoms with Gasteiger partial charge in [-0.15, -0.1) is 0 Å². The normalized spacial score (nSPS) is 16.7. The maximum absolute atomic E-state index is 13.5. The van der Waals surface area contributed by atoms with Gasteiger partial charge in [0, 0.05) is 51.2 Å². The van der Waals surface area contributed by atoms with Gasteiger partial charge in [0.25, 0.3) is 5.91 Å². The van der Waals surface area contributed by atoms with E-state index < -0.39 is 29.4 Å². The van der Waals surface area contributed by atoms with E-state index in [0.717, 1.165) is 44.6 Å². The molecule has 1 aromatic heterocycles. The minimum absolute atomic E-state index is 0.132. The summed E-state index contributed by atoms with van der Waals surface area (Å²) in [6.07, 6.45) is 5.05. The molecule has 1 N–H and O–H groups in total. The van der Waals surface area contributed by atoms with Crippen LogP contribution in [0.5, 0.6) is 5.88 Å². The molecule has 2 amide bonds. The monoisotopic (exact) mass is 642 g/mol. The first-order valence-electron chi connectivity index (χ1n) is 16.6. The maximum Gasteiger partial charge on any atom is 0.410 e. The van der Waals surface area contributed by atoms with Gasteiger partial charge < -0.3 is 29.5 Å². The van der Waals surface area contributed by atoms with Crippen molar-refractivity contribution < 1.29 is 23.9 Å². The number of hydrogen-bond acceptors (Lipinski definition) is 9. The molecule has 2 aliphatic rings. The van der Waals surface area contributed by atoms with Gasteiger partial charge in [-0.05, 0) is 50.3 Å². The molecular formula is C36H46N6O5. The summed E-state index contributed by atoms with van der Waals surface area (Å²) in [7, 11) is 1.52. The molecule has 47 heavy (non-hydrogen) atoms. The van der Waals surface area contributed by atoms with Crippen molar-refractivity contribution in [2.45, 2.75) is 70.1 Å². The average molecular weight is 643 g/mol. The van der Waals surface area contributed by atoms with Crippen LogP contribution in [-0.2, 0) is 14.3 Å². The molecule has 2 heterocycles. The molecule has 0 radical (unpaired) electrons. The van der Waals surface area contributed by atoms with E-state index in [2.05, 4.69) is 37.2 Å². The summed E-state index contributed by atoms with van der Waals surface area (Å²) < 4.78 is 12.1. The third kappa shape index (κ3) is 8.58. The smallest absolute Gasteiger partial charge is 0.410 e. The molecule has 5 rings (SSSR count). The Balaban J connectivity index is 1.16. The van der Waals surface area contributed by atoms with Crippen molar-refractivity contribution in [3.8, 4) is 5.88 Å². The first-order valence-corrected chi connectivity index (χ1v) is 16.6. The second-order valence-electron chi connectivity index (χ2n) is 12.4. The van der Waals surface area contributed by atoms with E-state index in [1.807, 2.05) is 62.4 Å². The summed E-state index contributed by atoms with van der Waals surface area (Å²) in [6.45, 7) is 7.25. The number of hydrogen-bond donors (Lipinski definition) is 1. The van der Waals surface area contributed by atoms with Crippen LogP contribution < -0.4 is 19.9 Å². The van der Waals surface area contributed by atoms with Gasteiger partial charge in [-0.25, -0.2) is 9.78 Å². The number of Topliss-reactive ketones (excluding diaryl/α,β-unsaturated/α-hetero) is 1. The molecule has 2 atom stereocenters. The number of para-hydroxylation sites is 1. The largest absolute Gasteiger partial charge is 0.473 e. The Kier molecular flexibility index (Phi) is 11.3. The number of ketones is 1. The molecule has 2 aromatic carbocycles. The van der Waals surface area contributed by atoms with Gasteiger partial charge >= 0.3 is 6.09 Å². The van der Waals surface area contributed by atoms with Gasteiger partial charge in [0.05, 0.1) is 6.04 Å². The summed E-state index contributed by atoms with van der Waals surface area (Å²) in [5, 5.41) is 2.79. The number of aromatic nitrogens is 2. The predicted molar refractivity (Wildman–Crippen MR) is 181 cm³/mol. The summed E-state index contributed by atoms with van der Waals surface area (Å²) in [5.74, 6) is -0.356. The lowest BCUT2D eigenvalue weighted by atomic mass is 9.80. The number of nitrogens with zero attached hydrogens (tertiary/aromatic N) is 5. The molecule has 0 unspecified atom stereocenters. The van der Waals surface area contributed by atoms with Gasteiger partial charge in [-0.3, -0.25) is 9.59 Å². The van der Waals surface area contributed by atoms with E-state index in [-0.39, 0.29) is 12.6 Å². The molecule has 1 saturated heterocycles. The molecule has 1 aliphatic heterocycles. The number of nitrogens with one attached hydrogen (secondary N) is 1. The fourth-order valence-corrected chi connectivity index (χ4v) is 5.95. The predicted octanol–water partition coefficient (Wildman–Crippen LogP) is 5.18. The highest BCUT2D eigenvalue weighted by Crippen LogP contribution is 2.37. The Morgan fingerprint density at radius 3 is 2.26 bits per heavy atom. The number of carbonyl (C=O) groups is 3. The van der Waals surface area contributed by atoms with Crippen molar-refractivity contribution in [1.82, 2.24) is 20.2 Å². The zero-order chi connectivity index (χ0) is 33.2. The van der Waals surface area contributed by atoms with Gasteiger partial charge in [-0.2, -0.15) is 4.98 Å². The molecule has 1 saturated carbocycles. The third-order valence-corrected chi connectivity index (χ3v) is 9.11. The number of carbonyl (C=O) groups excluding carboxylic acids is 3. The van der Waals surface area contributed by atoms with Crippen molar-refractivity contribution in [1.29, 1.82) is 0 Å². The van der Waals surface area contributed by atoms with Gasteiger partial charge in [0.15, 0.2) is 0 Å². The van der Waals surface area contributed by atoms with E-state index in [0.29, 0.717) is 37.5 Å². The van der Waals surface area contributed by atoms with Crippen molar-refractivity contribution in [2.75, 3.05) is 49.6 Å². The second kappa shape index (κ2) is 15.8. The molecule has 1 aliphatic carbocycles. The lowest BCUT2D eigenvalue weighted by Gasteiger charge is -2.41. The fraction of sp³-hybridized carbons (Fsp3) is 0.472. The Morgan fingerprint density at radius 2 is 1.62 bits per heavy atom. The number of amides is 2. The van der Waals surface area contributed by atoms with E-state index >= 15 is 0 Å². The molecule has 2 fully saturated rings. The highest BCUT2D eigenvalue weighted by molar-refractivity contribution is 6.38. The van der Waals surface area contributed by atoms with Crippen LogP contribution in [0.1, 0.15) is 64.0 Å². The maximum atomic E-state index is 13.5. The molecule has 3 aromatic rings. The van der Waals surface area contributed by atoms with Crippen LogP contribution in [-0.4, -0.2) is 84.1 Å². The van der Waals surface area contributed by atoms with Crippen molar-refractivity contribution in [3.05, 3.63) is 78.5 Å². The molecule has 11 nitrogen and oxygen atoms in total. The van der Waals surface area contributed by atoms with Crippen LogP contribution in [0.25, 0.3) is 0 Å². The van der Waals surface area contributed by atoms with Crippen molar-refractivity contribution in [3.63, 3.8) is 0 Å². The summed E-state index contributed by atoms with van der Waals surface area (Å²) >= 11 is 0. The number of piperazine rings is 1. The SMILES string of the molecule is CCCC[C@@H](C(=O)C(=O)N[C@H](C)c1ccccc1)N(C)C(=O)OC1(COc2ccnc(N3CCN(c4ccccc4)CC3)n2)CCC1. The number of likely N-dealkylation sites (N-methyl/N-ethyl adjacent to an activating group) is 1. The molecule has 250 valence electrons.